The van der Waals surface area contributed by atoms with Gasteiger partial charge in [-0.15, -0.1) is 0 Å². The third-order valence-electron chi connectivity index (χ3n) is 4.40. The van der Waals surface area contributed by atoms with Crippen LogP contribution in [0.25, 0.3) is 0 Å². The van der Waals surface area contributed by atoms with Crippen molar-refractivity contribution in [3.8, 4) is 0 Å². The molecule has 2 rings (SSSR count). The summed E-state index contributed by atoms with van der Waals surface area (Å²) in [7, 11) is 4.40. The van der Waals surface area contributed by atoms with E-state index in [0.29, 0.717) is 6.04 Å². The van der Waals surface area contributed by atoms with E-state index in [0.717, 1.165) is 26.1 Å². The number of benzene rings is 1. The SMILES string of the molecule is CCc1cccc(C(NN)C2CN(C)CCCN2C)c1. The molecule has 0 saturated carbocycles. The Hall–Kier alpha value is -0.940. The lowest BCUT2D eigenvalue weighted by Gasteiger charge is -2.34. The van der Waals surface area contributed by atoms with Crippen LogP contribution in [0.4, 0.5) is 0 Å². The number of hydrogen-bond acceptors (Lipinski definition) is 4. The van der Waals surface area contributed by atoms with Crippen LogP contribution in [-0.2, 0) is 6.42 Å². The summed E-state index contributed by atoms with van der Waals surface area (Å²) in [5.74, 6) is 5.89. The molecule has 2 unspecified atom stereocenters. The fourth-order valence-electron chi connectivity index (χ4n) is 3.10. The molecule has 112 valence electrons. The molecular weight excluding hydrogens is 248 g/mol. The second-order valence-electron chi connectivity index (χ2n) is 5.91. The lowest BCUT2D eigenvalue weighted by molar-refractivity contribution is 0.178. The van der Waals surface area contributed by atoms with Gasteiger partial charge in [-0.3, -0.25) is 11.3 Å². The van der Waals surface area contributed by atoms with Crippen LogP contribution in [0.2, 0.25) is 0 Å². The molecule has 0 amide bonds. The summed E-state index contributed by atoms with van der Waals surface area (Å²) in [5.41, 5.74) is 5.71. The Labute approximate surface area is 122 Å². The highest BCUT2D eigenvalue weighted by Gasteiger charge is 2.28. The Morgan fingerprint density at radius 1 is 1.35 bits per heavy atom. The highest BCUT2D eigenvalue weighted by atomic mass is 15.3. The maximum atomic E-state index is 5.89. The quantitative estimate of drug-likeness (QED) is 0.644. The van der Waals surface area contributed by atoms with Gasteiger partial charge in [-0.25, -0.2) is 0 Å². The van der Waals surface area contributed by atoms with E-state index in [2.05, 4.69) is 60.5 Å². The van der Waals surface area contributed by atoms with Gasteiger partial charge >= 0.3 is 0 Å². The maximum Gasteiger partial charge on any atom is 0.0627 e. The van der Waals surface area contributed by atoms with Gasteiger partial charge in [0.25, 0.3) is 0 Å². The Kier molecular flexibility index (Phi) is 5.54. The van der Waals surface area contributed by atoms with Gasteiger partial charge in [0.2, 0.25) is 0 Å². The minimum absolute atomic E-state index is 0.173. The van der Waals surface area contributed by atoms with Crippen LogP contribution in [0, 0.1) is 0 Å². The van der Waals surface area contributed by atoms with E-state index in [1.807, 2.05) is 0 Å². The van der Waals surface area contributed by atoms with E-state index in [9.17, 15) is 0 Å². The Morgan fingerprint density at radius 3 is 2.85 bits per heavy atom. The second kappa shape index (κ2) is 7.18. The van der Waals surface area contributed by atoms with E-state index >= 15 is 0 Å². The average Bonchev–Trinajstić information content (AvgIpc) is 2.62. The molecule has 1 heterocycles. The molecule has 0 bridgehead atoms. The average molecular weight is 276 g/mol. The van der Waals surface area contributed by atoms with Gasteiger partial charge in [-0.05, 0) is 51.2 Å². The third kappa shape index (κ3) is 3.58. The number of nitrogens with two attached hydrogens (primary N) is 1. The zero-order valence-corrected chi connectivity index (χ0v) is 13.0. The number of nitrogens with zero attached hydrogens (tertiary/aromatic N) is 2. The van der Waals surface area contributed by atoms with Crippen molar-refractivity contribution in [3.05, 3.63) is 35.4 Å². The fourth-order valence-corrected chi connectivity index (χ4v) is 3.10. The summed E-state index contributed by atoms with van der Waals surface area (Å²) in [6.45, 7) is 5.52. The molecule has 1 aromatic carbocycles. The van der Waals surface area contributed by atoms with Crippen molar-refractivity contribution in [2.75, 3.05) is 33.7 Å². The van der Waals surface area contributed by atoms with Gasteiger partial charge in [-0.1, -0.05) is 31.2 Å². The molecule has 3 N–H and O–H groups in total. The number of hydrogen-bond donors (Lipinski definition) is 2. The number of nitrogens with one attached hydrogen (secondary N) is 1. The molecule has 0 aromatic heterocycles. The molecule has 1 aliphatic rings. The Bertz CT molecular complexity index is 421. The number of rotatable bonds is 4. The van der Waals surface area contributed by atoms with Crippen LogP contribution >= 0.6 is 0 Å². The van der Waals surface area contributed by atoms with Gasteiger partial charge < -0.3 is 9.80 Å². The smallest absolute Gasteiger partial charge is 0.0627 e. The summed E-state index contributed by atoms with van der Waals surface area (Å²) >= 11 is 0. The van der Waals surface area contributed by atoms with Gasteiger partial charge in [0, 0.05) is 12.6 Å². The zero-order chi connectivity index (χ0) is 14.5. The topological polar surface area (TPSA) is 44.5 Å². The Balaban J connectivity index is 2.24. The molecule has 0 aliphatic carbocycles. The normalized spacial score (nSPS) is 23.5. The van der Waals surface area contributed by atoms with Crippen LogP contribution in [-0.4, -0.2) is 49.6 Å². The van der Waals surface area contributed by atoms with Crippen molar-refractivity contribution in [2.45, 2.75) is 31.8 Å². The van der Waals surface area contributed by atoms with Crippen LogP contribution in [0.1, 0.15) is 30.5 Å². The minimum atomic E-state index is 0.173. The zero-order valence-electron chi connectivity index (χ0n) is 13.0. The first-order valence-corrected chi connectivity index (χ1v) is 7.59. The summed E-state index contributed by atoms with van der Waals surface area (Å²) in [5, 5.41) is 0. The van der Waals surface area contributed by atoms with Crippen LogP contribution in [0.3, 0.4) is 0 Å². The van der Waals surface area contributed by atoms with Crippen molar-refractivity contribution in [1.82, 2.24) is 15.2 Å². The van der Waals surface area contributed by atoms with Crippen molar-refractivity contribution < 1.29 is 0 Å². The number of likely N-dealkylation sites (N-methyl/N-ethyl adjacent to an activating group) is 2. The first-order chi connectivity index (χ1) is 9.65. The summed E-state index contributed by atoms with van der Waals surface area (Å²) in [4.78, 5) is 4.84. The third-order valence-corrected chi connectivity index (χ3v) is 4.40. The van der Waals surface area contributed by atoms with Gasteiger partial charge in [0.1, 0.15) is 0 Å². The minimum Gasteiger partial charge on any atom is -0.305 e. The van der Waals surface area contributed by atoms with E-state index in [1.165, 1.54) is 17.5 Å². The molecule has 20 heavy (non-hydrogen) atoms. The summed E-state index contributed by atoms with van der Waals surface area (Å²) < 4.78 is 0. The van der Waals surface area contributed by atoms with Crippen LogP contribution < -0.4 is 11.3 Å². The largest absolute Gasteiger partial charge is 0.305 e. The van der Waals surface area contributed by atoms with Gasteiger partial charge in [-0.2, -0.15) is 0 Å². The highest BCUT2D eigenvalue weighted by molar-refractivity contribution is 5.27. The van der Waals surface area contributed by atoms with Crippen LogP contribution in [0.15, 0.2) is 24.3 Å². The Morgan fingerprint density at radius 2 is 2.15 bits per heavy atom. The van der Waals surface area contributed by atoms with Crippen molar-refractivity contribution in [2.24, 2.45) is 5.84 Å². The predicted octanol–water partition coefficient (Wildman–Crippen LogP) is 1.39. The summed E-state index contributed by atoms with van der Waals surface area (Å²) in [6, 6.07) is 9.36. The molecule has 1 aliphatic heterocycles. The van der Waals surface area contributed by atoms with Gasteiger partial charge in [0.05, 0.1) is 6.04 Å². The number of hydrazine groups is 1. The fraction of sp³-hybridized carbons (Fsp3) is 0.625. The molecule has 1 aromatic rings. The predicted molar refractivity (Wildman–Crippen MR) is 84.4 cm³/mol. The van der Waals surface area contributed by atoms with E-state index in [4.69, 9.17) is 5.84 Å². The number of aryl methyl sites for hydroxylation is 1. The first kappa shape index (κ1) is 15.4. The molecule has 1 fully saturated rings. The van der Waals surface area contributed by atoms with Crippen LogP contribution in [0.5, 0.6) is 0 Å². The van der Waals surface area contributed by atoms with Gasteiger partial charge in [0.15, 0.2) is 0 Å². The molecule has 0 spiro atoms. The second-order valence-corrected chi connectivity index (χ2v) is 5.91. The molecule has 1 saturated heterocycles. The molecule has 4 heteroatoms. The van der Waals surface area contributed by atoms with Crippen molar-refractivity contribution in [3.63, 3.8) is 0 Å². The summed E-state index contributed by atoms with van der Waals surface area (Å²) in [6.07, 6.45) is 2.28. The van der Waals surface area contributed by atoms with Crippen molar-refractivity contribution in [1.29, 1.82) is 0 Å². The maximum absolute atomic E-state index is 5.89. The standard InChI is InChI=1S/C16H28N4/c1-4-13-7-5-8-14(11-13)16(18-17)15-12-19(2)9-6-10-20(15)3/h5,7-8,11,15-16,18H,4,6,9-10,12,17H2,1-3H3. The monoisotopic (exact) mass is 276 g/mol. The van der Waals surface area contributed by atoms with Crippen molar-refractivity contribution >= 4 is 0 Å². The first-order valence-electron chi connectivity index (χ1n) is 7.59. The lowest BCUT2D eigenvalue weighted by Crippen LogP contribution is -2.48. The molecule has 2 atom stereocenters. The molecule has 0 radical (unpaired) electrons. The molecule has 4 nitrogen and oxygen atoms in total. The lowest BCUT2D eigenvalue weighted by atomic mass is 9.96. The van der Waals surface area contributed by atoms with E-state index < -0.39 is 0 Å². The van der Waals surface area contributed by atoms with E-state index in [-0.39, 0.29) is 6.04 Å². The molecular formula is C16H28N4. The highest BCUT2D eigenvalue weighted by Crippen LogP contribution is 2.23. The van der Waals surface area contributed by atoms with E-state index in [1.54, 1.807) is 0 Å².